The number of carbonyl (C=O) groups is 1. The minimum absolute atomic E-state index is 0.0229. The molecule has 0 bridgehead atoms. The summed E-state index contributed by atoms with van der Waals surface area (Å²) in [5.41, 5.74) is 3.18. The largest absolute Gasteiger partial charge is 0.484 e. The first-order chi connectivity index (χ1) is 12.8. The molecule has 6 heteroatoms. The highest BCUT2D eigenvalue weighted by atomic mass is 32.2. The van der Waals surface area contributed by atoms with Gasteiger partial charge in [0.15, 0.2) is 16.4 Å². The van der Waals surface area contributed by atoms with E-state index in [1.807, 2.05) is 62.4 Å². The number of ether oxygens (including phenoxy) is 1. The van der Waals surface area contributed by atoms with Crippen LogP contribution in [0.25, 0.3) is 0 Å². The molecule has 0 aliphatic carbocycles. The Bertz CT molecular complexity index is 906. The number of aryl methyl sites for hydroxylation is 2. The molecule has 27 heavy (non-hydrogen) atoms. The van der Waals surface area contributed by atoms with Crippen molar-refractivity contribution in [2.45, 2.75) is 32.9 Å². The van der Waals surface area contributed by atoms with Crippen LogP contribution in [0.5, 0.6) is 5.75 Å². The summed E-state index contributed by atoms with van der Waals surface area (Å²) in [5.74, 6) is 0.597. The van der Waals surface area contributed by atoms with E-state index in [4.69, 9.17) is 4.74 Å². The highest BCUT2D eigenvalue weighted by Gasteiger charge is 2.34. The van der Waals surface area contributed by atoms with Crippen LogP contribution in [0, 0.1) is 13.8 Å². The number of amides is 1. The predicted octanol–water partition coefficient (Wildman–Crippen LogP) is 2.90. The summed E-state index contributed by atoms with van der Waals surface area (Å²) in [4.78, 5) is 14.5. The van der Waals surface area contributed by atoms with E-state index in [0.717, 1.165) is 16.7 Å². The lowest BCUT2D eigenvalue weighted by atomic mass is 10.1. The first-order valence-electron chi connectivity index (χ1n) is 9.07. The fourth-order valence-corrected chi connectivity index (χ4v) is 5.00. The molecule has 0 spiro atoms. The lowest BCUT2D eigenvalue weighted by Crippen LogP contribution is -2.43. The second-order valence-corrected chi connectivity index (χ2v) is 9.40. The van der Waals surface area contributed by atoms with E-state index in [1.54, 1.807) is 4.90 Å². The van der Waals surface area contributed by atoms with Crippen LogP contribution in [0.3, 0.4) is 0 Å². The third kappa shape index (κ3) is 5.32. The van der Waals surface area contributed by atoms with E-state index < -0.39 is 9.84 Å². The lowest BCUT2D eigenvalue weighted by molar-refractivity contribution is -0.136. The number of hydrogen-bond acceptors (Lipinski definition) is 4. The van der Waals surface area contributed by atoms with Crippen molar-refractivity contribution in [1.29, 1.82) is 0 Å². The summed E-state index contributed by atoms with van der Waals surface area (Å²) < 4.78 is 29.5. The van der Waals surface area contributed by atoms with Crippen LogP contribution < -0.4 is 4.74 Å². The zero-order valence-electron chi connectivity index (χ0n) is 15.7. The van der Waals surface area contributed by atoms with Gasteiger partial charge in [-0.3, -0.25) is 4.79 Å². The molecule has 144 valence electrons. The summed E-state index contributed by atoms with van der Waals surface area (Å²) in [6, 6.07) is 15.2. The van der Waals surface area contributed by atoms with Gasteiger partial charge in [0.1, 0.15) is 5.75 Å². The number of benzene rings is 2. The number of hydrogen-bond donors (Lipinski definition) is 0. The molecule has 1 amide bonds. The molecular weight excluding hydrogens is 362 g/mol. The van der Waals surface area contributed by atoms with Gasteiger partial charge in [0.05, 0.1) is 11.5 Å². The molecule has 1 aliphatic heterocycles. The van der Waals surface area contributed by atoms with Crippen molar-refractivity contribution < 1.29 is 17.9 Å². The molecule has 5 nitrogen and oxygen atoms in total. The molecule has 0 aromatic heterocycles. The van der Waals surface area contributed by atoms with Crippen LogP contribution in [0.2, 0.25) is 0 Å². The minimum Gasteiger partial charge on any atom is -0.484 e. The van der Waals surface area contributed by atoms with Gasteiger partial charge in [-0.05, 0) is 43.5 Å². The van der Waals surface area contributed by atoms with Gasteiger partial charge in [-0.1, -0.05) is 42.0 Å². The fourth-order valence-electron chi connectivity index (χ4n) is 3.27. The molecule has 0 saturated carbocycles. The van der Waals surface area contributed by atoms with Gasteiger partial charge in [0.25, 0.3) is 5.91 Å². The highest BCUT2D eigenvalue weighted by molar-refractivity contribution is 7.91. The first kappa shape index (κ1) is 19.4. The van der Waals surface area contributed by atoms with Crippen LogP contribution >= 0.6 is 0 Å². The molecule has 2 aromatic rings. The van der Waals surface area contributed by atoms with E-state index in [1.165, 1.54) is 0 Å². The molecule has 3 rings (SSSR count). The van der Waals surface area contributed by atoms with Gasteiger partial charge >= 0.3 is 0 Å². The molecule has 0 N–H and O–H groups in total. The molecule has 1 saturated heterocycles. The quantitative estimate of drug-likeness (QED) is 0.765. The topological polar surface area (TPSA) is 63.7 Å². The number of nitrogens with zero attached hydrogens (tertiary/aromatic N) is 1. The van der Waals surface area contributed by atoms with Gasteiger partial charge in [0, 0.05) is 12.6 Å². The SMILES string of the molecule is Cc1ccc(CN(C(=O)COc2cccc(C)c2)[C@H]2CCS(=O)(=O)C2)cc1. The monoisotopic (exact) mass is 387 g/mol. The molecule has 1 heterocycles. The van der Waals surface area contributed by atoms with Crippen LogP contribution in [-0.4, -0.2) is 43.4 Å². The maximum atomic E-state index is 12.9. The van der Waals surface area contributed by atoms with E-state index in [-0.39, 0.29) is 30.1 Å². The predicted molar refractivity (Wildman–Crippen MR) is 105 cm³/mol. The first-order valence-corrected chi connectivity index (χ1v) is 10.9. The second kappa shape index (κ2) is 8.13. The van der Waals surface area contributed by atoms with Gasteiger partial charge in [-0.25, -0.2) is 8.42 Å². The Kier molecular flexibility index (Phi) is 5.85. The molecule has 2 aromatic carbocycles. The van der Waals surface area contributed by atoms with Gasteiger partial charge < -0.3 is 9.64 Å². The van der Waals surface area contributed by atoms with Crippen molar-refractivity contribution in [3.63, 3.8) is 0 Å². The van der Waals surface area contributed by atoms with Crippen LogP contribution in [0.1, 0.15) is 23.1 Å². The molecule has 1 aliphatic rings. The minimum atomic E-state index is -3.08. The van der Waals surface area contributed by atoms with Crippen molar-refractivity contribution in [3.05, 3.63) is 65.2 Å². The van der Waals surface area contributed by atoms with E-state index in [2.05, 4.69) is 0 Å². The Morgan fingerprint density at radius 3 is 2.48 bits per heavy atom. The summed E-state index contributed by atoms with van der Waals surface area (Å²) in [7, 11) is -3.08. The summed E-state index contributed by atoms with van der Waals surface area (Å²) in [6.07, 6.45) is 0.477. The Hall–Kier alpha value is -2.34. The van der Waals surface area contributed by atoms with Gasteiger partial charge in [-0.15, -0.1) is 0 Å². The number of carbonyl (C=O) groups excluding carboxylic acids is 1. The maximum absolute atomic E-state index is 12.9. The third-order valence-corrected chi connectivity index (χ3v) is 6.55. The van der Waals surface area contributed by atoms with Crippen LogP contribution in [-0.2, 0) is 21.2 Å². The Labute approximate surface area is 160 Å². The highest BCUT2D eigenvalue weighted by Crippen LogP contribution is 2.21. The average molecular weight is 388 g/mol. The fraction of sp³-hybridized carbons (Fsp3) is 0.381. The average Bonchev–Trinajstić information content (AvgIpc) is 2.99. The molecular formula is C21H25NO4S. The van der Waals surface area contributed by atoms with Crippen molar-refractivity contribution in [2.24, 2.45) is 0 Å². The van der Waals surface area contributed by atoms with Crippen molar-refractivity contribution in [1.82, 2.24) is 4.90 Å². The smallest absolute Gasteiger partial charge is 0.261 e. The van der Waals surface area contributed by atoms with Gasteiger partial charge in [-0.2, -0.15) is 0 Å². The Balaban J connectivity index is 1.73. The van der Waals surface area contributed by atoms with Crippen LogP contribution in [0.4, 0.5) is 0 Å². The van der Waals surface area contributed by atoms with E-state index in [9.17, 15) is 13.2 Å². The van der Waals surface area contributed by atoms with Crippen molar-refractivity contribution in [3.8, 4) is 5.75 Å². The molecule has 1 fully saturated rings. The Morgan fingerprint density at radius 2 is 1.85 bits per heavy atom. The second-order valence-electron chi connectivity index (χ2n) is 7.17. The van der Waals surface area contributed by atoms with E-state index >= 15 is 0 Å². The number of rotatable bonds is 6. The summed E-state index contributed by atoms with van der Waals surface area (Å²) >= 11 is 0. The number of sulfone groups is 1. The van der Waals surface area contributed by atoms with Crippen LogP contribution in [0.15, 0.2) is 48.5 Å². The maximum Gasteiger partial charge on any atom is 0.261 e. The molecule has 1 atom stereocenters. The molecule has 0 radical (unpaired) electrons. The summed E-state index contributed by atoms with van der Waals surface area (Å²) in [6.45, 7) is 4.25. The third-order valence-electron chi connectivity index (χ3n) is 4.79. The zero-order valence-corrected chi connectivity index (χ0v) is 16.5. The van der Waals surface area contributed by atoms with Gasteiger partial charge in [0.2, 0.25) is 0 Å². The molecule has 0 unspecified atom stereocenters. The normalized spacial score (nSPS) is 18.2. The summed E-state index contributed by atoms with van der Waals surface area (Å²) in [5, 5.41) is 0. The standard InChI is InChI=1S/C21H25NO4S/c1-16-6-8-18(9-7-16)13-22(19-10-11-27(24,25)15-19)21(23)14-26-20-5-3-4-17(2)12-20/h3-9,12,19H,10-11,13-15H2,1-2H3/t19-/m0/s1. The lowest BCUT2D eigenvalue weighted by Gasteiger charge is -2.28. The Morgan fingerprint density at radius 1 is 1.11 bits per heavy atom. The van der Waals surface area contributed by atoms with Crippen molar-refractivity contribution in [2.75, 3.05) is 18.1 Å². The zero-order chi connectivity index (χ0) is 19.4. The van der Waals surface area contributed by atoms with Crippen molar-refractivity contribution >= 4 is 15.7 Å². The van der Waals surface area contributed by atoms with E-state index in [0.29, 0.717) is 18.7 Å².